The molecule has 0 aromatic carbocycles. The summed E-state index contributed by atoms with van der Waals surface area (Å²) in [6, 6.07) is 0. The maximum Gasteiger partial charge on any atom is 0.339 e. The van der Waals surface area contributed by atoms with Crippen LogP contribution in [-0.2, 0) is 137 Å². The van der Waals surface area contributed by atoms with Gasteiger partial charge in [0.2, 0.25) is 0 Å². The minimum atomic E-state index is -1.97. The minimum Gasteiger partial charge on any atom is -0.481 e. The Morgan fingerprint density at radius 2 is 0.795 bits per heavy atom. The SMILES string of the molecule is CC(=O)OO.CC(C)(C)[Si](C)(C)O[C@H]1CC(=O)OC(CO)C1.CC(C)(C)[Si](C)(C)O[C@H]1CC(=O)OC(CO)C1.CC1(C)OC[C@H](CC(=O)O)O1.CCOC(=O)CC(=O)C[C@H]1COC(C)(C)O1.CCOC(=O)C[C@@H](C[C@H]1COC(C)(C)O1)O[Si](C)(C)C(C)(C)C.CCOC(=O)C[C@H](O)C[C@H]1COC(C)(C)O1.COC(=O)C[C@H]1COC(C)(C)O1.[HH]. The van der Waals surface area contributed by atoms with Crippen LogP contribution in [0.25, 0.3) is 0 Å². The van der Waals surface area contributed by atoms with Gasteiger partial charge in [0.1, 0.15) is 24.4 Å². The molecular formula is C80H152O34Si3. The molecular weight excluding hydrogens is 1590 g/mol. The van der Waals surface area contributed by atoms with Gasteiger partial charge >= 0.3 is 47.8 Å². The number of cyclic esters (lactones) is 2. The monoisotopic (exact) mass is 1740 g/mol. The van der Waals surface area contributed by atoms with Crippen molar-refractivity contribution in [3.05, 3.63) is 0 Å². The summed E-state index contributed by atoms with van der Waals surface area (Å²) < 4.78 is 102. The van der Waals surface area contributed by atoms with Gasteiger partial charge in [0, 0.05) is 40.5 Å². The lowest BCUT2D eigenvalue weighted by Crippen LogP contribution is -2.47. The Morgan fingerprint density at radius 1 is 0.479 bits per heavy atom. The largest absolute Gasteiger partial charge is 0.481 e. The Kier molecular flexibility index (Phi) is 48.9. The van der Waals surface area contributed by atoms with Gasteiger partial charge in [-0.25, -0.2) is 4.79 Å². The zero-order valence-corrected chi connectivity index (χ0v) is 79.0. The molecule has 0 aromatic heterocycles. The van der Waals surface area contributed by atoms with Gasteiger partial charge in [-0.3, -0.25) is 38.4 Å². The van der Waals surface area contributed by atoms with Crippen molar-refractivity contribution in [2.24, 2.45) is 0 Å². The van der Waals surface area contributed by atoms with Crippen LogP contribution in [0.3, 0.4) is 0 Å². The fourth-order valence-electron chi connectivity index (χ4n) is 11.1. The van der Waals surface area contributed by atoms with Crippen LogP contribution < -0.4 is 0 Å². The smallest absolute Gasteiger partial charge is 0.339 e. The lowest BCUT2D eigenvalue weighted by Gasteiger charge is -2.41. The van der Waals surface area contributed by atoms with E-state index in [0.717, 1.165) is 6.92 Å². The van der Waals surface area contributed by atoms with E-state index >= 15 is 0 Å². The maximum absolute atomic E-state index is 11.9. The van der Waals surface area contributed by atoms with E-state index in [4.69, 9.17) is 100 Å². The van der Waals surface area contributed by atoms with Gasteiger partial charge in [0.25, 0.3) is 0 Å². The number of rotatable bonds is 27. The van der Waals surface area contributed by atoms with E-state index < -0.39 is 90.1 Å². The van der Waals surface area contributed by atoms with Crippen LogP contribution in [0.1, 0.15) is 238 Å². The second-order valence-electron chi connectivity index (χ2n) is 36.1. The lowest BCUT2D eigenvalue weighted by molar-refractivity contribution is -0.231. The molecule has 117 heavy (non-hydrogen) atoms. The van der Waals surface area contributed by atoms with Crippen LogP contribution in [-0.4, -0.2) is 273 Å². The van der Waals surface area contributed by atoms with E-state index in [2.05, 4.69) is 116 Å². The fraction of sp³-hybridized carbons (Fsp3) is 0.887. The zero-order valence-electron chi connectivity index (χ0n) is 76.0. The Hall–Kier alpha value is -4.60. The van der Waals surface area contributed by atoms with Crippen molar-refractivity contribution < 1.29 is 164 Å². The summed E-state index contributed by atoms with van der Waals surface area (Å²) in [5, 5.41) is 43.8. The molecule has 0 aliphatic carbocycles. The summed E-state index contributed by atoms with van der Waals surface area (Å²) in [4.78, 5) is 102. The number of hydrogen-bond acceptors (Lipinski definition) is 33. The van der Waals surface area contributed by atoms with Crippen molar-refractivity contribution in [2.45, 2.75) is 387 Å². The summed E-state index contributed by atoms with van der Waals surface area (Å²) in [5.74, 6) is -6.53. The zero-order chi connectivity index (χ0) is 90.7. The average Bonchev–Trinajstić information content (AvgIpc) is 1.37. The van der Waals surface area contributed by atoms with E-state index in [1.165, 1.54) is 7.11 Å². The number of aliphatic hydroxyl groups excluding tert-OH is 3. The minimum absolute atomic E-state index is 0. The Bertz CT molecular complexity index is 2940. The highest BCUT2D eigenvalue weighted by atomic mass is 28.4. The molecule has 7 saturated heterocycles. The number of Topliss-reactive ketones (excluding diaryl/α,β-unsaturated/α-hetero) is 1. The number of aliphatic hydroxyl groups is 3. The molecule has 0 amide bonds. The Morgan fingerprint density at radius 3 is 1.09 bits per heavy atom. The van der Waals surface area contributed by atoms with Gasteiger partial charge in [0.15, 0.2) is 53.9 Å². The Balaban J connectivity index is 0. The second kappa shape index (κ2) is 50.9. The number of esters is 6. The van der Waals surface area contributed by atoms with Crippen molar-refractivity contribution in [1.29, 1.82) is 0 Å². The number of hydrogen-bond donors (Lipinski definition) is 5. The summed E-state index contributed by atoms with van der Waals surface area (Å²) in [7, 11) is -4.31. The molecule has 7 fully saturated rings. The van der Waals surface area contributed by atoms with E-state index in [1.54, 1.807) is 41.5 Å². The summed E-state index contributed by atoms with van der Waals surface area (Å²) in [5.41, 5.74) is 0. The molecule has 2 unspecified atom stereocenters. The third-order valence-electron chi connectivity index (χ3n) is 19.7. The number of ether oxygens (including phenoxy) is 16. The number of carbonyl (C=O) groups excluding carboxylic acids is 8. The quantitative estimate of drug-likeness (QED) is 0.0127. The van der Waals surface area contributed by atoms with E-state index in [-0.39, 0.29) is 153 Å². The molecule has 7 rings (SSSR count). The van der Waals surface area contributed by atoms with Gasteiger partial charge < -0.3 is 114 Å². The second-order valence-corrected chi connectivity index (χ2v) is 50.3. The lowest BCUT2D eigenvalue weighted by atomic mass is 10.1. The van der Waals surface area contributed by atoms with Gasteiger partial charge in [0.05, 0.1) is 167 Å². The van der Waals surface area contributed by atoms with Crippen molar-refractivity contribution >= 4 is 78.5 Å². The average molecular weight is 1740 g/mol. The van der Waals surface area contributed by atoms with Crippen molar-refractivity contribution in [3.63, 3.8) is 0 Å². The molecule has 34 nitrogen and oxygen atoms in total. The number of carboxylic acids is 1. The van der Waals surface area contributed by atoms with E-state index in [9.17, 15) is 48.3 Å². The summed E-state index contributed by atoms with van der Waals surface area (Å²) >= 11 is 0. The number of ketones is 1. The summed E-state index contributed by atoms with van der Waals surface area (Å²) in [6.07, 6.45) is 0.598. The van der Waals surface area contributed by atoms with Crippen LogP contribution in [0.5, 0.6) is 0 Å². The third-order valence-corrected chi connectivity index (χ3v) is 33.3. The van der Waals surface area contributed by atoms with E-state index in [0.29, 0.717) is 91.4 Å². The van der Waals surface area contributed by atoms with Crippen LogP contribution >= 0.6 is 0 Å². The normalized spacial score (nSPS) is 24.7. The molecule has 0 aromatic rings. The molecule has 7 heterocycles. The van der Waals surface area contributed by atoms with Gasteiger partial charge in [-0.05, 0) is 144 Å². The van der Waals surface area contributed by atoms with Gasteiger partial charge in [-0.15, -0.1) is 0 Å². The van der Waals surface area contributed by atoms with E-state index in [1.807, 2.05) is 48.5 Å². The molecule has 688 valence electrons. The van der Waals surface area contributed by atoms with Crippen molar-refractivity contribution in [3.8, 4) is 0 Å². The fourth-order valence-corrected chi connectivity index (χ4v) is 15.2. The third kappa shape index (κ3) is 48.7. The highest BCUT2D eigenvalue weighted by Gasteiger charge is 2.46. The van der Waals surface area contributed by atoms with Gasteiger partial charge in [-0.1, -0.05) is 62.3 Å². The van der Waals surface area contributed by atoms with Crippen LogP contribution in [0.2, 0.25) is 54.4 Å². The highest BCUT2D eigenvalue weighted by Crippen LogP contribution is 2.42. The molecule has 37 heteroatoms. The first-order valence-electron chi connectivity index (χ1n) is 40.3. The molecule has 5 N–H and O–H groups in total. The van der Waals surface area contributed by atoms with Crippen LogP contribution in [0, 0.1) is 0 Å². The number of aliphatic carboxylic acids is 1. The Labute approximate surface area is 699 Å². The molecule has 0 bridgehead atoms. The van der Waals surface area contributed by atoms with Crippen LogP contribution in [0.4, 0.5) is 0 Å². The summed E-state index contributed by atoms with van der Waals surface area (Å²) in [6.45, 7) is 60.3. The molecule has 7 aliphatic rings. The first kappa shape index (κ1) is 112. The molecule has 0 saturated carbocycles. The topological polar surface area (TPSA) is 439 Å². The molecule has 0 spiro atoms. The number of carboxylic acid groups (broad SMARTS) is 1. The maximum atomic E-state index is 11.9. The van der Waals surface area contributed by atoms with Crippen LogP contribution in [0.15, 0.2) is 0 Å². The van der Waals surface area contributed by atoms with Crippen molar-refractivity contribution in [2.75, 3.05) is 73.2 Å². The highest BCUT2D eigenvalue weighted by molar-refractivity contribution is 6.75. The first-order valence-corrected chi connectivity index (χ1v) is 49.1. The standard InChI is InChI=1S/C17H34O5Si.2C12H24O4Si.C11H20O5.C11H18O5.C8H14O4.C7H12O4.C2H4O3.H2/c1-9-19-15(18)11-13(22-23(7,8)16(2,3)4)10-14-12-20-17(5,6)21-14;2*1-12(2,3)17(4,5)16-9-6-10(8-13)15-11(14)7-9;2*1-4-14-10(13)6-8(12)5-9-7-15-11(2,3)16-9;1-8(2)11-5-6(12-8)4-7(9)10-3;1-7(2)10-4-5(11-7)3-6(8)9;1-2(3)5-4;/h13-14H,9-12H2,1-8H3;2*9-10,13H,6-8H2,1-5H3;8-9,12H,4-7H2,1-3H3;9H,4-7H2,1-3H3;6H,4-5H2,1-3H3;5H,3-4H2,1-2H3,(H,8,9);4H,1H3;1H/t13-,14+;2*9-,10?;8-,9+;9-;6-;5-;;/m1111000../s1. The number of methoxy groups -OCH3 is 1. The predicted molar refractivity (Wildman–Crippen MR) is 437 cm³/mol. The molecule has 7 aliphatic heterocycles. The van der Waals surface area contributed by atoms with Gasteiger partial charge in [-0.2, -0.15) is 5.26 Å². The predicted octanol–water partition coefficient (Wildman–Crippen LogP) is 11.5. The molecule has 0 radical (unpaired) electrons. The number of carbonyl (C=O) groups is 9. The first-order chi connectivity index (χ1) is 53.3. The molecule has 11 atom stereocenters. The van der Waals surface area contributed by atoms with Crippen molar-refractivity contribution in [1.82, 2.24) is 0 Å².